The second-order valence-electron chi connectivity index (χ2n) is 4.27. The van der Waals surface area contributed by atoms with Crippen LogP contribution in [-0.2, 0) is 11.3 Å². The van der Waals surface area contributed by atoms with E-state index in [0.29, 0.717) is 11.1 Å². The molecule has 0 radical (unpaired) electrons. The summed E-state index contributed by atoms with van der Waals surface area (Å²) in [6.07, 6.45) is 0. The minimum absolute atomic E-state index is 0.177. The summed E-state index contributed by atoms with van der Waals surface area (Å²) in [5.41, 5.74) is 1.06. The van der Waals surface area contributed by atoms with E-state index in [0.717, 1.165) is 0 Å². The van der Waals surface area contributed by atoms with Gasteiger partial charge in [0.05, 0.1) is 24.8 Å². The maximum absolute atomic E-state index is 12.0. The minimum atomic E-state index is -0.567. The second-order valence-corrected chi connectivity index (χ2v) is 4.27. The Bertz CT molecular complexity index is 649. The van der Waals surface area contributed by atoms with E-state index in [9.17, 15) is 14.7 Å². The number of methoxy groups -OCH3 is 1. The van der Waals surface area contributed by atoms with E-state index in [1.807, 2.05) is 0 Å². The molecule has 21 heavy (non-hydrogen) atoms. The SMILES string of the molecule is COC(=O)c1cc(CO)cc(OC(=O)c2ccccc2)c1. The van der Waals surface area contributed by atoms with Crippen molar-refractivity contribution in [3.8, 4) is 5.75 Å². The summed E-state index contributed by atoms with van der Waals surface area (Å²) in [6, 6.07) is 12.9. The molecule has 0 aliphatic heterocycles. The summed E-state index contributed by atoms with van der Waals surface area (Å²) in [4.78, 5) is 23.5. The molecule has 1 N–H and O–H groups in total. The van der Waals surface area contributed by atoms with Crippen molar-refractivity contribution in [3.05, 3.63) is 65.2 Å². The first-order valence-corrected chi connectivity index (χ1v) is 6.24. The average molecular weight is 286 g/mol. The zero-order valence-corrected chi connectivity index (χ0v) is 11.4. The molecule has 5 nitrogen and oxygen atoms in total. The molecule has 0 aliphatic carbocycles. The standard InChI is InChI=1S/C16H14O5/c1-20-15(18)13-7-11(10-17)8-14(9-13)21-16(19)12-5-3-2-4-6-12/h2-9,17H,10H2,1H3. The quantitative estimate of drug-likeness (QED) is 0.689. The van der Waals surface area contributed by atoms with Crippen LogP contribution in [0.2, 0.25) is 0 Å². The lowest BCUT2D eigenvalue weighted by molar-refractivity contribution is 0.0597. The van der Waals surface area contributed by atoms with Crippen LogP contribution in [0.5, 0.6) is 5.75 Å². The summed E-state index contributed by atoms with van der Waals surface area (Å²) in [7, 11) is 1.25. The van der Waals surface area contributed by atoms with Crippen molar-refractivity contribution in [2.75, 3.05) is 7.11 Å². The molecule has 0 unspecified atom stereocenters. The third-order valence-electron chi connectivity index (χ3n) is 2.79. The molecule has 0 saturated heterocycles. The number of carbonyl (C=O) groups is 2. The maximum Gasteiger partial charge on any atom is 0.343 e. The molecule has 108 valence electrons. The summed E-state index contributed by atoms with van der Waals surface area (Å²) >= 11 is 0. The number of hydrogen-bond acceptors (Lipinski definition) is 5. The van der Waals surface area contributed by atoms with Gasteiger partial charge in [-0.15, -0.1) is 0 Å². The molecule has 0 spiro atoms. The first-order valence-electron chi connectivity index (χ1n) is 6.24. The van der Waals surface area contributed by atoms with Crippen LogP contribution in [0.4, 0.5) is 0 Å². The third kappa shape index (κ3) is 3.67. The highest BCUT2D eigenvalue weighted by molar-refractivity contribution is 5.92. The Morgan fingerprint density at radius 1 is 1.00 bits per heavy atom. The van der Waals surface area contributed by atoms with Crippen molar-refractivity contribution >= 4 is 11.9 Å². The van der Waals surface area contributed by atoms with Crippen LogP contribution in [0.15, 0.2) is 48.5 Å². The maximum atomic E-state index is 12.0. The Labute approximate surface area is 121 Å². The van der Waals surface area contributed by atoms with Crippen LogP contribution < -0.4 is 4.74 Å². The van der Waals surface area contributed by atoms with Crippen LogP contribution in [0.25, 0.3) is 0 Å². The minimum Gasteiger partial charge on any atom is -0.465 e. The smallest absolute Gasteiger partial charge is 0.343 e. The van der Waals surface area contributed by atoms with Crippen molar-refractivity contribution in [2.24, 2.45) is 0 Å². The molecule has 2 aromatic rings. The summed E-state index contributed by atoms with van der Waals surface area (Å²) in [5, 5.41) is 9.20. The van der Waals surface area contributed by atoms with E-state index in [1.165, 1.54) is 25.3 Å². The molecule has 0 aliphatic rings. The molecular weight excluding hydrogens is 272 g/mol. The van der Waals surface area contributed by atoms with Gasteiger partial charge in [0.25, 0.3) is 0 Å². The van der Waals surface area contributed by atoms with Gasteiger partial charge < -0.3 is 14.6 Å². The monoisotopic (exact) mass is 286 g/mol. The van der Waals surface area contributed by atoms with E-state index in [2.05, 4.69) is 4.74 Å². The Morgan fingerprint density at radius 3 is 2.33 bits per heavy atom. The van der Waals surface area contributed by atoms with Crippen molar-refractivity contribution in [2.45, 2.75) is 6.61 Å². The molecule has 5 heteroatoms. The van der Waals surface area contributed by atoms with Gasteiger partial charge in [0.2, 0.25) is 0 Å². The Morgan fingerprint density at radius 2 is 1.71 bits per heavy atom. The zero-order valence-electron chi connectivity index (χ0n) is 11.4. The largest absolute Gasteiger partial charge is 0.465 e. The third-order valence-corrected chi connectivity index (χ3v) is 2.79. The van der Waals surface area contributed by atoms with Gasteiger partial charge in [-0.2, -0.15) is 0 Å². The highest BCUT2D eigenvalue weighted by atomic mass is 16.5. The summed E-state index contributed by atoms with van der Waals surface area (Å²) < 4.78 is 9.84. The predicted octanol–water partition coefficient (Wildman–Crippen LogP) is 2.18. The first-order chi connectivity index (χ1) is 10.1. The molecule has 0 saturated carbocycles. The number of benzene rings is 2. The number of aliphatic hydroxyl groups is 1. The van der Waals surface area contributed by atoms with Gasteiger partial charge in [-0.1, -0.05) is 18.2 Å². The van der Waals surface area contributed by atoms with E-state index in [1.54, 1.807) is 30.3 Å². The predicted molar refractivity (Wildman–Crippen MR) is 75.1 cm³/mol. The van der Waals surface area contributed by atoms with Crippen molar-refractivity contribution in [1.82, 2.24) is 0 Å². The van der Waals surface area contributed by atoms with Crippen molar-refractivity contribution in [3.63, 3.8) is 0 Å². The van der Waals surface area contributed by atoms with Crippen LogP contribution in [0.1, 0.15) is 26.3 Å². The molecule has 0 aromatic heterocycles. The second kappa shape index (κ2) is 6.67. The van der Waals surface area contributed by atoms with Crippen LogP contribution in [0, 0.1) is 0 Å². The fraction of sp³-hybridized carbons (Fsp3) is 0.125. The van der Waals surface area contributed by atoms with Crippen LogP contribution in [-0.4, -0.2) is 24.2 Å². The lowest BCUT2D eigenvalue weighted by atomic mass is 10.1. The Hall–Kier alpha value is -2.66. The Kier molecular flexibility index (Phi) is 4.68. The highest BCUT2D eigenvalue weighted by Gasteiger charge is 2.13. The van der Waals surface area contributed by atoms with Gasteiger partial charge >= 0.3 is 11.9 Å². The normalized spacial score (nSPS) is 10.0. The molecule has 0 amide bonds. The lowest BCUT2D eigenvalue weighted by Gasteiger charge is -2.08. The Balaban J connectivity index is 2.27. The molecule has 0 heterocycles. The number of hydrogen-bond donors (Lipinski definition) is 1. The van der Waals surface area contributed by atoms with Crippen LogP contribution in [0.3, 0.4) is 0 Å². The first kappa shape index (κ1) is 14.7. The van der Waals surface area contributed by atoms with E-state index < -0.39 is 11.9 Å². The number of carbonyl (C=O) groups excluding carboxylic acids is 2. The van der Waals surface area contributed by atoms with Gasteiger partial charge in [0.1, 0.15) is 5.75 Å². The van der Waals surface area contributed by atoms with Gasteiger partial charge in [-0.3, -0.25) is 0 Å². The topological polar surface area (TPSA) is 72.8 Å². The molecule has 2 rings (SSSR count). The van der Waals surface area contributed by atoms with Crippen molar-refractivity contribution < 1.29 is 24.2 Å². The number of aliphatic hydroxyl groups excluding tert-OH is 1. The highest BCUT2D eigenvalue weighted by Crippen LogP contribution is 2.19. The molecule has 0 fully saturated rings. The fourth-order valence-electron chi connectivity index (χ4n) is 1.79. The summed E-state index contributed by atoms with van der Waals surface area (Å²) in [5.74, 6) is -0.931. The molecular formula is C16H14O5. The molecule has 0 bridgehead atoms. The number of ether oxygens (including phenoxy) is 2. The van der Waals surface area contributed by atoms with Gasteiger partial charge in [-0.25, -0.2) is 9.59 Å². The van der Waals surface area contributed by atoms with Crippen molar-refractivity contribution in [1.29, 1.82) is 0 Å². The van der Waals surface area contributed by atoms with Crippen LogP contribution >= 0.6 is 0 Å². The number of esters is 2. The van der Waals surface area contributed by atoms with E-state index in [4.69, 9.17) is 4.74 Å². The molecule has 2 aromatic carbocycles. The van der Waals surface area contributed by atoms with Gasteiger partial charge in [0.15, 0.2) is 0 Å². The lowest BCUT2D eigenvalue weighted by Crippen LogP contribution is -2.10. The van der Waals surface area contributed by atoms with Gasteiger partial charge in [0, 0.05) is 0 Å². The molecule has 0 atom stereocenters. The fourth-order valence-corrected chi connectivity index (χ4v) is 1.79. The number of rotatable bonds is 4. The average Bonchev–Trinajstić information content (AvgIpc) is 2.54. The summed E-state index contributed by atoms with van der Waals surface area (Å²) in [6.45, 7) is -0.277. The van der Waals surface area contributed by atoms with E-state index in [-0.39, 0.29) is 17.9 Å². The van der Waals surface area contributed by atoms with Gasteiger partial charge in [-0.05, 0) is 35.9 Å². The zero-order chi connectivity index (χ0) is 15.2. The van der Waals surface area contributed by atoms with E-state index >= 15 is 0 Å².